The van der Waals surface area contributed by atoms with E-state index in [0.29, 0.717) is 5.82 Å². The van der Waals surface area contributed by atoms with Gasteiger partial charge in [-0.25, -0.2) is 9.78 Å². The maximum Gasteiger partial charge on any atom is 0.337 e. The van der Waals surface area contributed by atoms with E-state index >= 15 is 0 Å². The molecule has 1 saturated carbocycles. The fourth-order valence-electron chi connectivity index (χ4n) is 1.37. The second-order valence-electron chi connectivity index (χ2n) is 3.92. The number of pyridine rings is 1. The summed E-state index contributed by atoms with van der Waals surface area (Å²) >= 11 is 5.89. The molecule has 86 valence electrons. The van der Waals surface area contributed by atoms with Crippen molar-refractivity contribution in [3.05, 3.63) is 22.8 Å². The van der Waals surface area contributed by atoms with Crippen LogP contribution < -0.4 is 5.32 Å². The van der Waals surface area contributed by atoms with E-state index < -0.39 is 5.97 Å². The van der Waals surface area contributed by atoms with Crippen LogP contribution in [0.15, 0.2) is 12.3 Å². The molecule has 3 N–H and O–H groups in total. The van der Waals surface area contributed by atoms with Gasteiger partial charge in [-0.1, -0.05) is 11.6 Å². The van der Waals surface area contributed by atoms with Crippen molar-refractivity contribution in [2.45, 2.75) is 18.4 Å². The third-order valence-electron chi connectivity index (χ3n) is 2.63. The number of hydrogen-bond acceptors (Lipinski definition) is 4. The van der Waals surface area contributed by atoms with E-state index in [1.54, 1.807) is 0 Å². The zero-order valence-corrected chi connectivity index (χ0v) is 9.16. The molecule has 1 aliphatic carbocycles. The van der Waals surface area contributed by atoms with Gasteiger partial charge in [0.2, 0.25) is 0 Å². The Kier molecular flexibility index (Phi) is 2.73. The fraction of sp³-hybridized carbons (Fsp3) is 0.400. The predicted molar refractivity (Wildman–Crippen MR) is 58.9 cm³/mol. The van der Waals surface area contributed by atoms with Crippen LogP contribution in [0.4, 0.5) is 5.82 Å². The number of anilines is 1. The molecule has 0 radical (unpaired) electrons. The van der Waals surface area contributed by atoms with Crippen molar-refractivity contribution in [2.75, 3.05) is 11.9 Å². The minimum absolute atomic E-state index is 0.0195. The van der Waals surface area contributed by atoms with Gasteiger partial charge in [-0.2, -0.15) is 0 Å². The van der Waals surface area contributed by atoms with Crippen LogP contribution in [-0.4, -0.2) is 33.3 Å². The molecule has 1 aromatic rings. The normalized spacial score (nSPS) is 16.9. The number of aromatic nitrogens is 1. The molecule has 0 saturated heterocycles. The molecule has 1 heterocycles. The van der Waals surface area contributed by atoms with E-state index in [-0.39, 0.29) is 22.7 Å². The van der Waals surface area contributed by atoms with Gasteiger partial charge in [0.25, 0.3) is 0 Å². The number of nitrogens with zero attached hydrogens (tertiary/aromatic N) is 1. The molecule has 0 unspecified atom stereocenters. The number of hydrogen-bond donors (Lipinski definition) is 3. The summed E-state index contributed by atoms with van der Waals surface area (Å²) in [6.07, 6.45) is 2.97. The van der Waals surface area contributed by atoms with Crippen molar-refractivity contribution in [3.63, 3.8) is 0 Å². The van der Waals surface area contributed by atoms with E-state index in [0.717, 1.165) is 12.8 Å². The van der Waals surface area contributed by atoms with Crippen LogP contribution in [0.1, 0.15) is 23.2 Å². The number of halogens is 1. The van der Waals surface area contributed by atoms with Crippen molar-refractivity contribution in [1.29, 1.82) is 0 Å². The summed E-state index contributed by atoms with van der Waals surface area (Å²) in [6, 6.07) is 1.34. The Balaban J connectivity index is 2.20. The van der Waals surface area contributed by atoms with Crippen LogP contribution in [-0.2, 0) is 0 Å². The van der Waals surface area contributed by atoms with Gasteiger partial charge in [-0.15, -0.1) is 0 Å². The standard InChI is InChI=1S/C10H11ClN2O3/c11-7-3-6(9(15)16)4-12-8(7)13-10(5-14)1-2-10/h3-4,14H,1-2,5H2,(H,12,13)(H,15,16). The second kappa shape index (κ2) is 3.92. The van der Waals surface area contributed by atoms with Gasteiger partial charge in [-0.05, 0) is 18.9 Å². The molecule has 0 bridgehead atoms. The number of carboxylic acid groups (broad SMARTS) is 1. The molecule has 0 spiro atoms. The lowest BCUT2D eigenvalue weighted by Crippen LogP contribution is -2.26. The summed E-state index contributed by atoms with van der Waals surface area (Å²) in [5.74, 6) is -0.650. The minimum atomic E-state index is -1.07. The average Bonchev–Trinajstić information content (AvgIpc) is 3.01. The summed E-state index contributed by atoms with van der Waals surface area (Å²) in [5, 5.41) is 21.1. The van der Waals surface area contributed by atoms with Gasteiger partial charge in [0.1, 0.15) is 5.82 Å². The summed E-state index contributed by atoms with van der Waals surface area (Å²) in [5.41, 5.74) is -0.272. The first kappa shape index (κ1) is 11.2. The Bertz CT molecular complexity index is 432. The first-order chi connectivity index (χ1) is 7.56. The lowest BCUT2D eigenvalue weighted by Gasteiger charge is -2.15. The van der Waals surface area contributed by atoms with Crippen LogP contribution >= 0.6 is 11.6 Å². The van der Waals surface area contributed by atoms with Crippen LogP contribution in [0.2, 0.25) is 5.02 Å². The van der Waals surface area contributed by atoms with E-state index in [4.69, 9.17) is 21.8 Å². The Morgan fingerprint density at radius 3 is 2.75 bits per heavy atom. The van der Waals surface area contributed by atoms with Gasteiger partial charge < -0.3 is 15.5 Å². The molecule has 0 atom stereocenters. The average molecular weight is 243 g/mol. The van der Waals surface area contributed by atoms with Crippen molar-refractivity contribution < 1.29 is 15.0 Å². The third-order valence-corrected chi connectivity index (χ3v) is 2.92. The van der Waals surface area contributed by atoms with E-state index in [1.807, 2.05) is 0 Å². The second-order valence-corrected chi connectivity index (χ2v) is 4.33. The largest absolute Gasteiger partial charge is 0.478 e. The predicted octanol–water partition coefficient (Wildman–Crippen LogP) is 1.37. The van der Waals surface area contributed by atoms with Crippen molar-refractivity contribution >= 4 is 23.4 Å². The van der Waals surface area contributed by atoms with Gasteiger partial charge in [0, 0.05) is 6.20 Å². The summed E-state index contributed by atoms with van der Waals surface area (Å²) in [6.45, 7) is 0.0195. The van der Waals surface area contributed by atoms with Gasteiger partial charge in [-0.3, -0.25) is 0 Å². The molecule has 16 heavy (non-hydrogen) atoms. The number of nitrogens with one attached hydrogen (secondary N) is 1. The number of carbonyl (C=O) groups is 1. The zero-order valence-electron chi connectivity index (χ0n) is 8.40. The summed E-state index contributed by atoms with van der Waals surface area (Å²) in [7, 11) is 0. The number of aliphatic hydroxyl groups is 1. The van der Waals surface area contributed by atoms with Crippen molar-refractivity contribution in [3.8, 4) is 0 Å². The Morgan fingerprint density at radius 1 is 1.62 bits per heavy atom. The molecule has 6 heteroatoms. The maximum absolute atomic E-state index is 10.7. The van der Waals surface area contributed by atoms with Crippen LogP contribution in [0.25, 0.3) is 0 Å². The smallest absolute Gasteiger partial charge is 0.337 e. The van der Waals surface area contributed by atoms with Crippen molar-refractivity contribution in [1.82, 2.24) is 4.98 Å². The molecule has 0 aromatic carbocycles. The highest BCUT2D eigenvalue weighted by molar-refractivity contribution is 6.33. The van der Waals surface area contributed by atoms with Gasteiger partial charge in [0.05, 0.1) is 22.7 Å². The monoisotopic (exact) mass is 242 g/mol. The molecular formula is C10H11ClN2O3. The molecule has 0 aliphatic heterocycles. The molecule has 5 nitrogen and oxygen atoms in total. The van der Waals surface area contributed by atoms with Gasteiger partial charge in [0.15, 0.2) is 0 Å². The van der Waals surface area contributed by atoms with Gasteiger partial charge >= 0.3 is 5.97 Å². The number of carboxylic acids is 1. The molecule has 1 aliphatic rings. The first-order valence-electron chi connectivity index (χ1n) is 4.84. The van der Waals surface area contributed by atoms with Crippen LogP contribution in [0, 0.1) is 0 Å². The highest BCUT2D eigenvalue weighted by Crippen LogP contribution is 2.39. The first-order valence-corrected chi connectivity index (χ1v) is 5.22. The quantitative estimate of drug-likeness (QED) is 0.743. The van der Waals surface area contributed by atoms with E-state index in [9.17, 15) is 4.79 Å². The number of aromatic carboxylic acids is 1. The zero-order chi connectivity index (χ0) is 11.8. The maximum atomic E-state index is 10.7. The summed E-state index contributed by atoms with van der Waals surface area (Å²) in [4.78, 5) is 14.6. The Labute approximate surface area is 97.1 Å². The number of aliphatic hydroxyl groups excluding tert-OH is 1. The lowest BCUT2D eigenvalue weighted by atomic mass is 10.2. The van der Waals surface area contributed by atoms with Crippen LogP contribution in [0.3, 0.4) is 0 Å². The van der Waals surface area contributed by atoms with Crippen molar-refractivity contribution in [2.24, 2.45) is 0 Å². The molecule has 1 aromatic heterocycles. The highest BCUT2D eigenvalue weighted by Gasteiger charge is 2.42. The SMILES string of the molecule is O=C(O)c1cnc(NC2(CO)CC2)c(Cl)c1. The molecule has 2 rings (SSSR count). The van der Waals surface area contributed by atoms with Crippen LogP contribution in [0.5, 0.6) is 0 Å². The Hall–Kier alpha value is -1.33. The topological polar surface area (TPSA) is 82.5 Å². The van der Waals surface area contributed by atoms with E-state index in [2.05, 4.69) is 10.3 Å². The third kappa shape index (κ3) is 2.10. The summed E-state index contributed by atoms with van der Waals surface area (Å²) < 4.78 is 0. The Morgan fingerprint density at radius 2 is 2.31 bits per heavy atom. The number of rotatable bonds is 4. The lowest BCUT2D eigenvalue weighted by molar-refractivity contribution is 0.0696. The molecule has 1 fully saturated rings. The molecule has 0 amide bonds. The fourth-order valence-corrected chi connectivity index (χ4v) is 1.59. The highest BCUT2D eigenvalue weighted by atomic mass is 35.5. The minimum Gasteiger partial charge on any atom is -0.478 e. The molecular weight excluding hydrogens is 232 g/mol. The van der Waals surface area contributed by atoms with E-state index in [1.165, 1.54) is 12.3 Å².